The lowest BCUT2D eigenvalue weighted by Gasteiger charge is -2.32. The topological polar surface area (TPSA) is 49.9 Å². The van der Waals surface area contributed by atoms with E-state index in [9.17, 15) is 14.0 Å². The number of halogens is 2. The molecule has 3 rings (SSSR count). The number of rotatable bonds is 3. The van der Waals surface area contributed by atoms with E-state index >= 15 is 0 Å². The highest BCUT2D eigenvalue weighted by Crippen LogP contribution is 2.41. The van der Waals surface area contributed by atoms with Crippen LogP contribution in [0.2, 0.25) is 0 Å². The molecule has 2 aliphatic heterocycles. The molecule has 0 aromatic rings. The third-order valence-electron chi connectivity index (χ3n) is 5.48. The number of hydrogen-bond donors (Lipinski definition) is 0. The highest BCUT2D eigenvalue weighted by molar-refractivity contribution is 9.12. The van der Waals surface area contributed by atoms with Gasteiger partial charge in [-0.1, -0.05) is 12.2 Å². The molecule has 1 atom stereocenters. The van der Waals surface area contributed by atoms with Crippen molar-refractivity contribution in [2.45, 2.75) is 58.5 Å². The zero-order valence-corrected chi connectivity index (χ0v) is 19.1. The normalized spacial score (nSPS) is 22.9. The second-order valence-electron chi connectivity index (χ2n) is 8.77. The third-order valence-corrected chi connectivity index (χ3v) is 6.36. The van der Waals surface area contributed by atoms with E-state index in [4.69, 9.17) is 4.74 Å². The molecule has 2 amide bonds. The van der Waals surface area contributed by atoms with Gasteiger partial charge in [-0.05, 0) is 73.5 Å². The predicted molar refractivity (Wildman–Crippen MR) is 114 cm³/mol. The number of fused-ring (bicyclic) bond motifs is 1. The maximum atomic E-state index is 12.8. The molecule has 3 aliphatic rings. The average Bonchev–Trinajstić information content (AvgIpc) is 2.93. The molecule has 1 saturated heterocycles. The van der Waals surface area contributed by atoms with Crippen molar-refractivity contribution >= 4 is 27.9 Å². The summed E-state index contributed by atoms with van der Waals surface area (Å²) in [6.07, 6.45) is 7.03. The van der Waals surface area contributed by atoms with E-state index < -0.39 is 12.3 Å². The van der Waals surface area contributed by atoms with Crippen molar-refractivity contribution in [2.24, 2.45) is 5.92 Å². The van der Waals surface area contributed by atoms with Crippen LogP contribution in [0.3, 0.4) is 0 Å². The Hall–Kier alpha value is -1.63. The first-order valence-corrected chi connectivity index (χ1v) is 11.1. The molecule has 2 heterocycles. The number of alkyl halides is 1. The van der Waals surface area contributed by atoms with Gasteiger partial charge in [0.1, 0.15) is 5.60 Å². The standard InChI is InChI=1S/C22H30BrFN2O3/c1-22(2,3)29-21(28)25-13-9-15-5-6-16-7-8-18(27)26(12-4-11-24)20(16)19(23)17(15)10-14-25/h5-6,15H,4,7-14H2,1-3H3. The van der Waals surface area contributed by atoms with Gasteiger partial charge in [0.15, 0.2) is 0 Å². The number of likely N-dealkylation sites (tertiary alicyclic amines) is 1. The molecular weight excluding hydrogens is 439 g/mol. The van der Waals surface area contributed by atoms with Gasteiger partial charge in [-0.15, -0.1) is 0 Å². The van der Waals surface area contributed by atoms with Crippen molar-refractivity contribution in [3.63, 3.8) is 0 Å². The Kier molecular flexibility index (Phi) is 6.87. The molecule has 0 N–H and O–H groups in total. The zero-order valence-electron chi connectivity index (χ0n) is 17.5. The van der Waals surface area contributed by atoms with Gasteiger partial charge in [-0.25, -0.2) is 4.79 Å². The number of allylic oxidation sites excluding steroid dienone is 4. The van der Waals surface area contributed by atoms with Crippen LogP contribution in [0, 0.1) is 5.92 Å². The summed E-state index contributed by atoms with van der Waals surface area (Å²) < 4.78 is 19.3. The van der Waals surface area contributed by atoms with Crippen LogP contribution >= 0.6 is 15.9 Å². The fourth-order valence-corrected chi connectivity index (χ4v) is 5.03. The quantitative estimate of drug-likeness (QED) is 0.579. The maximum Gasteiger partial charge on any atom is 0.410 e. The minimum Gasteiger partial charge on any atom is -0.444 e. The van der Waals surface area contributed by atoms with E-state index in [1.165, 1.54) is 5.57 Å². The molecule has 0 aromatic carbocycles. The van der Waals surface area contributed by atoms with Crippen molar-refractivity contribution in [1.29, 1.82) is 0 Å². The Labute approximate surface area is 180 Å². The van der Waals surface area contributed by atoms with Crippen LogP contribution in [0.4, 0.5) is 9.18 Å². The Morgan fingerprint density at radius 3 is 2.72 bits per heavy atom. The molecular formula is C22H30BrFN2O3. The fraction of sp³-hybridized carbons (Fsp3) is 0.636. The summed E-state index contributed by atoms with van der Waals surface area (Å²) >= 11 is 3.78. The number of nitrogens with zero attached hydrogens (tertiary/aromatic N) is 2. The summed E-state index contributed by atoms with van der Waals surface area (Å²) in [6, 6.07) is 0. The fourth-order valence-electron chi connectivity index (χ4n) is 4.07. The van der Waals surface area contributed by atoms with Crippen LogP contribution in [0.1, 0.15) is 52.9 Å². The highest BCUT2D eigenvalue weighted by atomic mass is 79.9. The Bertz CT molecular complexity index is 767. The van der Waals surface area contributed by atoms with E-state index in [1.807, 2.05) is 20.8 Å². The maximum absolute atomic E-state index is 12.8. The number of amides is 2. The Morgan fingerprint density at radius 2 is 2.03 bits per heavy atom. The van der Waals surface area contributed by atoms with Gasteiger partial charge in [-0.3, -0.25) is 9.18 Å². The lowest BCUT2D eigenvalue weighted by molar-refractivity contribution is -0.129. The molecule has 160 valence electrons. The molecule has 7 heteroatoms. The number of ether oxygens (including phenoxy) is 1. The first-order valence-electron chi connectivity index (χ1n) is 10.4. The molecule has 0 spiro atoms. The molecule has 0 radical (unpaired) electrons. The zero-order chi connectivity index (χ0) is 21.2. The second-order valence-corrected chi connectivity index (χ2v) is 9.57. The molecule has 0 saturated carbocycles. The summed E-state index contributed by atoms with van der Waals surface area (Å²) in [6.45, 7) is 6.76. The largest absolute Gasteiger partial charge is 0.444 e. The summed E-state index contributed by atoms with van der Waals surface area (Å²) in [4.78, 5) is 28.6. The second kappa shape index (κ2) is 9.02. The molecule has 0 aromatic heterocycles. The molecule has 1 unspecified atom stereocenters. The smallest absolute Gasteiger partial charge is 0.410 e. The monoisotopic (exact) mass is 468 g/mol. The molecule has 5 nitrogen and oxygen atoms in total. The molecule has 29 heavy (non-hydrogen) atoms. The number of carbonyl (C=O) groups is 2. The predicted octanol–water partition coefficient (Wildman–Crippen LogP) is 5.09. The minimum atomic E-state index is -0.521. The van der Waals surface area contributed by atoms with E-state index in [0.717, 1.165) is 22.2 Å². The van der Waals surface area contributed by atoms with Crippen LogP contribution < -0.4 is 0 Å². The average molecular weight is 469 g/mol. The van der Waals surface area contributed by atoms with Gasteiger partial charge in [-0.2, -0.15) is 0 Å². The van der Waals surface area contributed by atoms with Crippen molar-refractivity contribution in [2.75, 3.05) is 26.3 Å². The number of carbonyl (C=O) groups excluding carboxylic acids is 2. The van der Waals surface area contributed by atoms with E-state index in [-0.39, 0.29) is 17.9 Å². The Balaban J connectivity index is 1.87. The van der Waals surface area contributed by atoms with Crippen molar-refractivity contribution in [3.8, 4) is 0 Å². The van der Waals surface area contributed by atoms with E-state index in [0.29, 0.717) is 45.3 Å². The van der Waals surface area contributed by atoms with E-state index in [2.05, 4.69) is 28.1 Å². The SMILES string of the molecule is CC(C)(C)OC(=O)N1CCC2=C(Br)C3=C(C=CC2CC1)CCC(=O)N3CCCF. The van der Waals surface area contributed by atoms with Gasteiger partial charge < -0.3 is 14.5 Å². The minimum absolute atomic E-state index is 0.0469. The number of hydrogen-bond acceptors (Lipinski definition) is 3. The first kappa shape index (κ1) is 22.1. The summed E-state index contributed by atoms with van der Waals surface area (Å²) in [5, 5.41) is 0. The molecule has 0 bridgehead atoms. The van der Waals surface area contributed by atoms with Gasteiger partial charge in [0.25, 0.3) is 0 Å². The van der Waals surface area contributed by atoms with Crippen LogP contribution in [-0.2, 0) is 9.53 Å². The third kappa shape index (κ3) is 5.11. The van der Waals surface area contributed by atoms with Crippen molar-refractivity contribution < 1.29 is 18.7 Å². The molecule has 1 aliphatic carbocycles. The van der Waals surface area contributed by atoms with E-state index in [1.54, 1.807) is 9.80 Å². The van der Waals surface area contributed by atoms with Crippen molar-refractivity contribution in [1.82, 2.24) is 9.80 Å². The summed E-state index contributed by atoms with van der Waals surface area (Å²) in [7, 11) is 0. The van der Waals surface area contributed by atoms with Gasteiger partial charge in [0.2, 0.25) is 5.91 Å². The summed E-state index contributed by atoms with van der Waals surface area (Å²) in [5.74, 6) is 0.242. The van der Waals surface area contributed by atoms with Crippen LogP contribution in [0.25, 0.3) is 0 Å². The highest BCUT2D eigenvalue weighted by Gasteiger charge is 2.33. The molecule has 1 fully saturated rings. The van der Waals surface area contributed by atoms with Crippen molar-refractivity contribution in [3.05, 3.63) is 33.5 Å². The van der Waals surface area contributed by atoms with Crippen LogP contribution in [0.5, 0.6) is 0 Å². The lowest BCUT2D eigenvalue weighted by Crippen LogP contribution is -2.37. The van der Waals surface area contributed by atoms with Gasteiger partial charge in [0.05, 0.1) is 12.4 Å². The van der Waals surface area contributed by atoms with Crippen LogP contribution in [-0.4, -0.2) is 53.7 Å². The Morgan fingerprint density at radius 1 is 1.28 bits per heavy atom. The summed E-state index contributed by atoms with van der Waals surface area (Å²) in [5.41, 5.74) is 2.68. The van der Waals surface area contributed by atoms with Gasteiger partial charge in [0, 0.05) is 36.5 Å². The van der Waals surface area contributed by atoms with Crippen LogP contribution in [0.15, 0.2) is 33.5 Å². The lowest BCUT2D eigenvalue weighted by atomic mass is 9.94. The first-order chi connectivity index (χ1) is 13.7. The van der Waals surface area contributed by atoms with Gasteiger partial charge >= 0.3 is 6.09 Å².